The largest absolute Gasteiger partial charge is 0.447 e. The maximum absolute atomic E-state index is 11.7. The van der Waals surface area contributed by atoms with Gasteiger partial charge in [0.25, 0.3) is 0 Å². The molecule has 0 unspecified atom stereocenters. The quantitative estimate of drug-likeness (QED) is 0.694. The van der Waals surface area contributed by atoms with Gasteiger partial charge >= 0.3 is 6.09 Å². The molecule has 1 atom stereocenters. The molecular formula is C10H17NO3. The molecule has 1 fully saturated rings. The van der Waals surface area contributed by atoms with E-state index in [9.17, 15) is 9.59 Å². The second-order valence-electron chi connectivity index (χ2n) is 4.13. The zero-order valence-electron chi connectivity index (χ0n) is 8.95. The van der Waals surface area contributed by atoms with Gasteiger partial charge in [-0.1, -0.05) is 20.8 Å². The van der Waals surface area contributed by atoms with Gasteiger partial charge in [0.05, 0.1) is 6.54 Å². The molecule has 0 N–H and O–H groups in total. The Labute approximate surface area is 84.2 Å². The van der Waals surface area contributed by atoms with Crippen LogP contribution in [0.2, 0.25) is 0 Å². The number of carbonyl (C=O) groups is 2. The summed E-state index contributed by atoms with van der Waals surface area (Å²) in [5.74, 6) is 0.259. The summed E-state index contributed by atoms with van der Waals surface area (Å²) in [6.45, 7) is 6.71. The third-order valence-corrected chi connectivity index (χ3v) is 2.27. The fourth-order valence-corrected chi connectivity index (χ4v) is 1.67. The van der Waals surface area contributed by atoms with Crippen molar-refractivity contribution in [2.45, 2.75) is 27.2 Å². The minimum atomic E-state index is -0.495. The van der Waals surface area contributed by atoms with E-state index >= 15 is 0 Å². The van der Waals surface area contributed by atoms with Crippen LogP contribution in [0.4, 0.5) is 4.79 Å². The molecule has 0 saturated carbocycles. The van der Waals surface area contributed by atoms with Crippen LogP contribution in [0.3, 0.4) is 0 Å². The van der Waals surface area contributed by atoms with Crippen molar-refractivity contribution in [2.75, 3.05) is 13.2 Å². The minimum Gasteiger partial charge on any atom is -0.447 e. The van der Waals surface area contributed by atoms with Crippen LogP contribution in [0.25, 0.3) is 0 Å². The highest BCUT2D eigenvalue weighted by Gasteiger charge is 2.31. The Hall–Kier alpha value is -1.06. The number of imide groups is 1. The standard InChI is InChI=1S/C10H17NO3/c1-7(2)6-8(3)9(12)11-4-5-14-10(11)13/h7-8H,4-6H2,1-3H3/t8-/m0/s1. The summed E-state index contributed by atoms with van der Waals surface area (Å²) in [5, 5.41) is 0. The smallest absolute Gasteiger partial charge is 0.416 e. The topological polar surface area (TPSA) is 46.6 Å². The predicted molar refractivity (Wildman–Crippen MR) is 51.7 cm³/mol. The first-order valence-corrected chi connectivity index (χ1v) is 5.00. The first-order valence-electron chi connectivity index (χ1n) is 5.00. The van der Waals surface area contributed by atoms with E-state index in [4.69, 9.17) is 4.74 Å². The van der Waals surface area contributed by atoms with Crippen molar-refractivity contribution in [1.82, 2.24) is 4.90 Å². The van der Waals surface area contributed by atoms with Crippen LogP contribution in [-0.4, -0.2) is 30.1 Å². The van der Waals surface area contributed by atoms with Crippen LogP contribution < -0.4 is 0 Å². The maximum atomic E-state index is 11.7. The number of hydrogen-bond donors (Lipinski definition) is 0. The fraction of sp³-hybridized carbons (Fsp3) is 0.800. The highest BCUT2D eigenvalue weighted by molar-refractivity contribution is 5.94. The highest BCUT2D eigenvalue weighted by Crippen LogP contribution is 2.16. The molecule has 1 aliphatic heterocycles. The Balaban J connectivity index is 2.51. The average Bonchev–Trinajstić information content (AvgIpc) is 2.48. The van der Waals surface area contributed by atoms with Gasteiger partial charge in [0.15, 0.2) is 0 Å². The van der Waals surface area contributed by atoms with Gasteiger partial charge in [-0.05, 0) is 12.3 Å². The Morgan fingerprint density at radius 1 is 1.50 bits per heavy atom. The number of carbonyl (C=O) groups excluding carboxylic acids is 2. The SMILES string of the molecule is CC(C)C[C@H](C)C(=O)N1CCOC1=O. The Kier molecular flexibility index (Phi) is 3.49. The molecule has 4 nitrogen and oxygen atoms in total. The highest BCUT2D eigenvalue weighted by atomic mass is 16.6. The van der Waals surface area contributed by atoms with Gasteiger partial charge in [-0.3, -0.25) is 4.79 Å². The Morgan fingerprint density at radius 2 is 2.14 bits per heavy atom. The second kappa shape index (κ2) is 4.44. The molecule has 0 aromatic heterocycles. The first-order chi connectivity index (χ1) is 6.52. The van der Waals surface area contributed by atoms with E-state index in [1.54, 1.807) is 0 Å². The molecule has 14 heavy (non-hydrogen) atoms. The lowest BCUT2D eigenvalue weighted by Gasteiger charge is -2.17. The van der Waals surface area contributed by atoms with Gasteiger partial charge in [-0.25, -0.2) is 9.69 Å². The Morgan fingerprint density at radius 3 is 2.57 bits per heavy atom. The number of ether oxygens (including phenoxy) is 1. The Bertz CT molecular complexity index is 238. The maximum Gasteiger partial charge on any atom is 0.416 e. The number of hydrogen-bond acceptors (Lipinski definition) is 3. The third kappa shape index (κ3) is 2.47. The van der Waals surface area contributed by atoms with Gasteiger partial charge in [0, 0.05) is 5.92 Å². The second-order valence-corrected chi connectivity index (χ2v) is 4.13. The molecule has 4 heteroatoms. The van der Waals surface area contributed by atoms with Crippen molar-refractivity contribution in [3.05, 3.63) is 0 Å². The summed E-state index contributed by atoms with van der Waals surface area (Å²) < 4.78 is 4.71. The molecule has 0 aliphatic carbocycles. The van der Waals surface area contributed by atoms with Crippen LogP contribution in [0, 0.1) is 11.8 Å². The third-order valence-electron chi connectivity index (χ3n) is 2.27. The van der Waals surface area contributed by atoms with E-state index in [0.29, 0.717) is 19.1 Å². The normalized spacial score (nSPS) is 18.6. The van der Waals surface area contributed by atoms with Gasteiger partial charge in [-0.2, -0.15) is 0 Å². The van der Waals surface area contributed by atoms with Crippen molar-refractivity contribution in [3.8, 4) is 0 Å². The van der Waals surface area contributed by atoms with Crippen LogP contribution in [0.1, 0.15) is 27.2 Å². The zero-order valence-corrected chi connectivity index (χ0v) is 8.95. The molecule has 2 amide bonds. The van der Waals surface area contributed by atoms with Crippen molar-refractivity contribution in [3.63, 3.8) is 0 Å². The van der Waals surface area contributed by atoms with E-state index in [1.165, 1.54) is 4.90 Å². The van der Waals surface area contributed by atoms with Gasteiger partial charge < -0.3 is 4.74 Å². The lowest BCUT2D eigenvalue weighted by molar-refractivity contribution is -0.131. The van der Waals surface area contributed by atoms with E-state index in [-0.39, 0.29) is 11.8 Å². The summed E-state index contributed by atoms with van der Waals surface area (Å²) in [6.07, 6.45) is 0.313. The molecule has 80 valence electrons. The lowest BCUT2D eigenvalue weighted by Crippen LogP contribution is -2.36. The summed E-state index contributed by atoms with van der Waals surface area (Å²) in [4.78, 5) is 24.0. The molecule has 0 aromatic carbocycles. The molecule has 0 bridgehead atoms. The number of amides is 2. The molecule has 1 rings (SSSR count). The number of rotatable bonds is 3. The molecule has 0 radical (unpaired) electrons. The fourth-order valence-electron chi connectivity index (χ4n) is 1.67. The van der Waals surface area contributed by atoms with Gasteiger partial charge in [0.1, 0.15) is 6.61 Å². The molecule has 1 saturated heterocycles. The van der Waals surface area contributed by atoms with Crippen molar-refractivity contribution < 1.29 is 14.3 Å². The predicted octanol–water partition coefficient (Wildman–Crippen LogP) is 1.65. The molecule has 1 aliphatic rings. The van der Waals surface area contributed by atoms with Gasteiger partial charge in [-0.15, -0.1) is 0 Å². The summed E-state index contributed by atoms with van der Waals surface area (Å²) in [5.41, 5.74) is 0. The summed E-state index contributed by atoms with van der Waals surface area (Å²) in [7, 11) is 0. The van der Waals surface area contributed by atoms with Crippen molar-refractivity contribution >= 4 is 12.0 Å². The van der Waals surface area contributed by atoms with Crippen molar-refractivity contribution in [1.29, 1.82) is 0 Å². The van der Waals surface area contributed by atoms with E-state index in [0.717, 1.165) is 6.42 Å². The minimum absolute atomic E-state index is 0.0966. The van der Waals surface area contributed by atoms with E-state index in [1.807, 2.05) is 6.92 Å². The first kappa shape index (κ1) is 11.0. The van der Waals surface area contributed by atoms with Crippen LogP contribution >= 0.6 is 0 Å². The zero-order chi connectivity index (χ0) is 10.7. The monoisotopic (exact) mass is 199 g/mol. The molecule has 0 aromatic rings. The van der Waals surface area contributed by atoms with E-state index < -0.39 is 6.09 Å². The molecular weight excluding hydrogens is 182 g/mol. The lowest BCUT2D eigenvalue weighted by atomic mass is 9.98. The molecule has 0 spiro atoms. The number of cyclic esters (lactones) is 1. The van der Waals surface area contributed by atoms with Gasteiger partial charge in [0.2, 0.25) is 5.91 Å². The summed E-state index contributed by atoms with van der Waals surface area (Å²) in [6, 6.07) is 0. The van der Waals surface area contributed by atoms with E-state index in [2.05, 4.69) is 13.8 Å². The van der Waals surface area contributed by atoms with Crippen molar-refractivity contribution in [2.24, 2.45) is 11.8 Å². The van der Waals surface area contributed by atoms with Crippen LogP contribution in [0.5, 0.6) is 0 Å². The van der Waals surface area contributed by atoms with Crippen LogP contribution in [0.15, 0.2) is 0 Å². The number of nitrogens with zero attached hydrogens (tertiary/aromatic N) is 1. The molecule has 1 heterocycles. The summed E-state index contributed by atoms with van der Waals surface area (Å²) >= 11 is 0. The average molecular weight is 199 g/mol. The van der Waals surface area contributed by atoms with Crippen LogP contribution in [-0.2, 0) is 9.53 Å².